The van der Waals surface area contributed by atoms with Gasteiger partial charge in [-0.2, -0.15) is 0 Å². The van der Waals surface area contributed by atoms with Gasteiger partial charge in [0.15, 0.2) is 0 Å². The number of ether oxygens (including phenoxy) is 1. The molecule has 1 saturated heterocycles. The Bertz CT molecular complexity index is 295. The Balaban J connectivity index is 1.94. The summed E-state index contributed by atoms with van der Waals surface area (Å²) >= 11 is 0. The molecule has 0 bridgehead atoms. The van der Waals surface area contributed by atoms with Crippen molar-refractivity contribution in [2.24, 2.45) is 16.4 Å². The van der Waals surface area contributed by atoms with Crippen LogP contribution in [0.2, 0.25) is 0 Å². The number of hydrogen-bond acceptors (Lipinski definition) is 3. The van der Waals surface area contributed by atoms with E-state index in [1.54, 1.807) is 7.11 Å². The lowest BCUT2D eigenvalue weighted by atomic mass is 9.77. The standard InChI is InChI=1S/C12H22N4O/c1-17-9-11-8-16(7-6-14-15-13)10-12(11)4-2-3-5-12/h11H,2-10H2,1H3/t11-/m1/s1. The number of rotatable bonds is 5. The van der Waals surface area contributed by atoms with Crippen LogP contribution in [0.25, 0.3) is 10.4 Å². The third-order valence-corrected chi connectivity index (χ3v) is 4.43. The molecule has 2 aliphatic rings. The number of methoxy groups -OCH3 is 1. The first-order valence-electron chi connectivity index (χ1n) is 6.53. The molecule has 0 aromatic heterocycles. The van der Waals surface area contributed by atoms with Crippen LogP contribution >= 0.6 is 0 Å². The van der Waals surface area contributed by atoms with Gasteiger partial charge in [-0.05, 0) is 23.8 Å². The highest BCUT2D eigenvalue weighted by molar-refractivity contribution is 4.99. The van der Waals surface area contributed by atoms with Gasteiger partial charge < -0.3 is 9.64 Å². The highest BCUT2D eigenvalue weighted by atomic mass is 16.5. The fraction of sp³-hybridized carbons (Fsp3) is 1.00. The van der Waals surface area contributed by atoms with Gasteiger partial charge in [-0.3, -0.25) is 0 Å². The summed E-state index contributed by atoms with van der Waals surface area (Å²) in [6, 6.07) is 0. The van der Waals surface area contributed by atoms with Gasteiger partial charge in [0.1, 0.15) is 0 Å². The maximum atomic E-state index is 8.30. The van der Waals surface area contributed by atoms with Crippen LogP contribution in [0, 0.1) is 11.3 Å². The highest BCUT2D eigenvalue weighted by Gasteiger charge is 2.47. The summed E-state index contributed by atoms with van der Waals surface area (Å²) in [4.78, 5) is 5.26. The number of azide groups is 1. The monoisotopic (exact) mass is 238 g/mol. The maximum absolute atomic E-state index is 8.30. The van der Waals surface area contributed by atoms with Gasteiger partial charge in [0.25, 0.3) is 0 Å². The van der Waals surface area contributed by atoms with Crippen LogP contribution in [0.4, 0.5) is 0 Å². The second-order valence-electron chi connectivity index (χ2n) is 5.41. The molecule has 5 heteroatoms. The van der Waals surface area contributed by atoms with Gasteiger partial charge in [0, 0.05) is 44.1 Å². The van der Waals surface area contributed by atoms with Crippen molar-refractivity contribution in [2.75, 3.05) is 39.9 Å². The highest BCUT2D eigenvalue weighted by Crippen LogP contribution is 2.48. The predicted octanol–water partition coefficient (Wildman–Crippen LogP) is 2.44. The maximum Gasteiger partial charge on any atom is 0.0508 e. The third kappa shape index (κ3) is 2.73. The molecule has 0 unspecified atom stereocenters. The average molecular weight is 238 g/mol. The topological polar surface area (TPSA) is 61.2 Å². The molecule has 0 amide bonds. The fourth-order valence-electron chi connectivity index (χ4n) is 3.62. The van der Waals surface area contributed by atoms with Crippen molar-refractivity contribution in [3.05, 3.63) is 10.4 Å². The van der Waals surface area contributed by atoms with E-state index in [-0.39, 0.29) is 0 Å². The Morgan fingerprint density at radius 1 is 1.47 bits per heavy atom. The molecule has 1 saturated carbocycles. The van der Waals surface area contributed by atoms with Crippen molar-refractivity contribution in [3.63, 3.8) is 0 Å². The van der Waals surface area contributed by atoms with Crippen LogP contribution < -0.4 is 0 Å². The van der Waals surface area contributed by atoms with Gasteiger partial charge in [0.2, 0.25) is 0 Å². The number of likely N-dealkylation sites (tertiary alicyclic amines) is 1. The average Bonchev–Trinajstić information content (AvgIpc) is 2.90. The summed E-state index contributed by atoms with van der Waals surface area (Å²) in [6.45, 7) is 4.63. The summed E-state index contributed by atoms with van der Waals surface area (Å²) in [5.74, 6) is 0.668. The van der Waals surface area contributed by atoms with Crippen molar-refractivity contribution < 1.29 is 4.74 Å². The van der Waals surface area contributed by atoms with Crippen molar-refractivity contribution in [3.8, 4) is 0 Å². The Kier molecular flexibility index (Phi) is 4.26. The van der Waals surface area contributed by atoms with Crippen molar-refractivity contribution in [2.45, 2.75) is 25.7 Å². The summed E-state index contributed by atoms with van der Waals surface area (Å²) in [7, 11) is 1.80. The largest absolute Gasteiger partial charge is 0.384 e. The molecule has 0 aromatic carbocycles. The van der Waals surface area contributed by atoms with Crippen LogP contribution in [0.1, 0.15) is 25.7 Å². The molecule has 1 heterocycles. The molecule has 0 radical (unpaired) electrons. The summed E-state index contributed by atoms with van der Waals surface area (Å²) < 4.78 is 5.38. The Hall–Kier alpha value is -0.770. The second-order valence-corrected chi connectivity index (χ2v) is 5.41. The van der Waals surface area contributed by atoms with Gasteiger partial charge >= 0.3 is 0 Å². The molecule has 1 spiro atoms. The molecular weight excluding hydrogens is 216 g/mol. The van der Waals surface area contributed by atoms with E-state index in [0.717, 1.165) is 19.7 Å². The first-order valence-corrected chi connectivity index (χ1v) is 6.53. The van der Waals surface area contributed by atoms with Crippen LogP contribution in [0.5, 0.6) is 0 Å². The van der Waals surface area contributed by atoms with E-state index in [4.69, 9.17) is 10.3 Å². The summed E-state index contributed by atoms with van der Waals surface area (Å²) in [5.41, 5.74) is 8.79. The van der Waals surface area contributed by atoms with Gasteiger partial charge in [-0.25, -0.2) is 0 Å². The molecule has 1 atom stereocenters. The SMILES string of the molecule is COC[C@H]1CN(CCN=[N+]=[N-])CC12CCCC2. The molecule has 17 heavy (non-hydrogen) atoms. The third-order valence-electron chi connectivity index (χ3n) is 4.43. The Labute approximate surface area is 103 Å². The lowest BCUT2D eigenvalue weighted by Crippen LogP contribution is -2.30. The number of hydrogen-bond donors (Lipinski definition) is 0. The van der Waals surface area contributed by atoms with Gasteiger partial charge in [-0.1, -0.05) is 18.0 Å². The zero-order chi connectivity index (χ0) is 12.1. The minimum absolute atomic E-state index is 0.492. The van der Waals surface area contributed by atoms with Crippen molar-refractivity contribution in [1.29, 1.82) is 0 Å². The molecule has 1 aliphatic heterocycles. The molecule has 5 nitrogen and oxygen atoms in total. The van der Waals surface area contributed by atoms with Gasteiger partial charge in [0.05, 0.1) is 6.61 Å². The molecule has 2 rings (SSSR count). The molecule has 1 aliphatic carbocycles. The second kappa shape index (κ2) is 5.71. The normalized spacial score (nSPS) is 27.5. The Morgan fingerprint density at radius 2 is 2.24 bits per heavy atom. The lowest BCUT2D eigenvalue weighted by molar-refractivity contribution is 0.0968. The van der Waals surface area contributed by atoms with E-state index < -0.39 is 0 Å². The first-order chi connectivity index (χ1) is 8.30. The minimum Gasteiger partial charge on any atom is -0.384 e. The Morgan fingerprint density at radius 3 is 2.88 bits per heavy atom. The van der Waals surface area contributed by atoms with Crippen LogP contribution in [-0.4, -0.2) is 44.8 Å². The quantitative estimate of drug-likeness (QED) is 0.419. The predicted molar refractivity (Wildman–Crippen MR) is 66.7 cm³/mol. The fourth-order valence-corrected chi connectivity index (χ4v) is 3.62. The van der Waals surface area contributed by atoms with E-state index in [2.05, 4.69) is 14.9 Å². The first kappa shape index (κ1) is 12.7. The zero-order valence-corrected chi connectivity index (χ0v) is 10.6. The van der Waals surface area contributed by atoms with Crippen LogP contribution in [0.3, 0.4) is 0 Å². The van der Waals surface area contributed by atoms with Crippen LogP contribution in [-0.2, 0) is 4.74 Å². The van der Waals surface area contributed by atoms with E-state index in [1.807, 2.05) is 0 Å². The molecule has 0 N–H and O–H groups in total. The van der Waals surface area contributed by atoms with Crippen LogP contribution in [0.15, 0.2) is 5.11 Å². The number of nitrogens with zero attached hydrogens (tertiary/aromatic N) is 4. The van der Waals surface area contributed by atoms with Crippen molar-refractivity contribution in [1.82, 2.24) is 4.90 Å². The molecule has 96 valence electrons. The van der Waals surface area contributed by atoms with E-state index in [9.17, 15) is 0 Å². The molecule has 2 fully saturated rings. The zero-order valence-electron chi connectivity index (χ0n) is 10.6. The molecular formula is C12H22N4O. The molecule has 0 aromatic rings. The summed E-state index contributed by atoms with van der Waals surface area (Å²) in [5, 5.41) is 3.63. The summed E-state index contributed by atoms with van der Waals surface area (Å²) in [6.07, 6.45) is 5.42. The van der Waals surface area contributed by atoms with E-state index >= 15 is 0 Å². The van der Waals surface area contributed by atoms with Gasteiger partial charge in [-0.15, -0.1) is 0 Å². The van der Waals surface area contributed by atoms with E-state index in [0.29, 0.717) is 17.9 Å². The lowest BCUT2D eigenvalue weighted by Gasteiger charge is -2.29. The van der Waals surface area contributed by atoms with Crippen molar-refractivity contribution >= 4 is 0 Å². The minimum atomic E-state index is 0.492. The van der Waals surface area contributed by atoms with E-state index in [1.165, 1.54) is 32.2 Å². The smallest absolute Gasteiger partial charge is 0.0508 e.